The molecular weight excluding hydrogens is 262 g/mol. The van der Waals surface area contributed by atoms with E-state index in [9.17, 15) is 4.79 Å². The first-order valence-corrected chi connectivity index (χ1v) is 6.29. The van der Waals surface area contributed by atoms with Crippen LogP contribution in [-0.2, 0) is 4.79 Å². The largest absolute Gasteiger partial charge is 0.481 e. The Balaban J connectivity index is 1.90. The molecule has 8 nitrogen and oxygen atoms in total. The van der Waals surface area contributed by atoms with Crippen LogP contribution in [0, 0.1) is 6.92 Å². The van der Waals surface area contributed by atoms with Crippen molar-refractivity contribution in [3.8, 4) is 0 Å². The first-order chi connectivity index (χ1) is 9.58. The molecule has 108 valence electrons. The number of aryl methyl sites for hydroxylation is 1. The van der Waals surface area contributed by atoms with Crippen molar-refractivity contribution in [1.82, 2.24) is 20.0 Å². The third-order valence-electron chi connectivity index (χ3n) is 2.94. The number of fused-ring (bicyclic) bond motifs is 1. The van der Waals surface area contributed by atoms with E-state index in [0.717, 1.165) is 11.1 Å². The van der Waals surface area contributed by atoms with Gasteiger partial charge in [-0.25, -0.2) is 4.98 Å². The van der Waals surface area contributed by atoms with E-state index in [0.29, 0.717) is 31.2 Å². The van der Waals surface area contributed by atoms with Gasteiger partial charge in [0.15, 0.2) is 0 Å². The minimum absolute atomic E-state index is 0.138. The smallest absolute Gasteiger partial charge is 0.304 e. The maximum absolute atomic E-state index is 10.5. The van der Waals surface area contributed by atoms with Gasteiger partial charge in [0.05, 0.1) is 12.1 Å². The SMILES string of the molecule is Cc1noc2ncnc(NCCN(C)CCC(=O)O)c12. The van der Waals surface area contributed by atoms with E-state index in [1.54, 1.807) is 0 Å². The molecule has 0 unspecified atom stereocenters. The summed E-state index contributed by atoms with van der Waals surface area (Å²) in [7, 11) is 1.88. The Morgan fingerprint density at radius 1 is 1.45 bits per heavy atom. The van der Waals surface area contributed by atoms with Crippen LogP contribution in [0.15, 0.2) is 10.9 Å². The molecule has 0 saturated carbocycles. The Morgan fingerprint density at radius 2 is 2.25 bits per heavy atom. The van der Waals surface area contributed by atoms with Crippen molar-refractivity contribution in [3.63, 3.8) is 0 Å². The Morgan fingerprint density at radius 3 is 3.00 bits per heavy atom. The van der Waals surface area contributed by atoms with Crippen LogP contribution in [-0.4, -0.2) is 57.8 Å². The zero-order valence-electron chi connectivity index (χ0n) is 11.5. The summed E-state index contributed by atoms with van der Waals surface area (Å²) in [6.07, 6.45) is 1.56. The molecule has 0 aromatic carbocycles. The second-order valence-corrected chi connectivity index (χ2v) is 4.54. The first kappa shape index (κ1) is 14.2. The summed E-state index contributed by atoms with van der Waals surface area (Å²) in [5.41, 5.74) is 1.20. The van der Waals surface area contributed by atoms with E-state index in [4.69, 9.17) is 9.63 Å². The molecule has 0 saturated heterocycles. The fourth-order valence-electron chi connectivity index (χ4n) is 1.82. The van der Waals surface area contributed by atoms with Crippen molar-refractivity contribution >= 4 is 22.9 Å². The standard InChI is InChI=1S/C12H17N5O3/c1-8-10-11(14-7-15-12(10)20-16-8)13-4-6-17(2)5-3-9(18)19/h7H,3-6H2,1-2H3,(H,18,19)(H,13,14,15). The van der Waals surface area contributed by atoms with Gasteiger partial charge in [-0.15, -0.1) is 0 Å². The van der Waals surface area contributed by atoms with Crippen LogP contribution in [0.1, 0.15) is 12.1 Å². The van der Waals surface area contributed by atoms with Crippen molar-refractivity contribution in [2.24, 2.45) is 0 Å². The summed E-state index contributed by atoms with van der Waals surface area (Å²) in [6.45, 7) is 3.71. The number of carbonyl (C=O) groups is 1. The van der Waals surface area contributed by atoms with Crippen molar-refractivity contribution in [1.29, 1.82) is 0 Å². The fourth-order valence-corrected chi connectivity index (χ4v) is 1.82. The molecule has 0 atom stereocenters. The molecular formula is C12H17N5O3. The molecule has 2 aromatic heterocycles. The lowest BCUT2D eigenvalue weighted by molar-refractivity contribution is -0.137. The normalized spacial score (nSPS) is 11.2. The van der Waals surface area contributed by atoms with Crippen LogP contribution < -0.4 is 5.32 Å². The molecule has 0 spiro atoms. The van der Waals surface area contributed by atoms with E-state index >= 15 is 0 Å². The number of likely N-dealkylation sites (N-methyl/N-ethyl adjacent to an activating group) is 1. The lowest BCUT2D eigenvalue weighted by Gasteiger charge is -2.15. The number of hydrogen-bond acceptors (Lipinski definition) is 7. The van der Waals surface area contributed by atoms with Crippen LogP contribution in [0.5, 0.6) is 0 Å². The van der Waals surface area contributed by atoms with Gasteiger partial charge in [-0.05, 0) is 14.0 Å². The molecule has 0 aliphatic carbocycles. The first-order valence-electron chi connectivity index (χ1n) is 6.29. The Bertz CT molecular complexity index is 598. The van der Waals surface area contributed by atoms with E-state index < -0.39 is 5.97 Å². The summed E-state index contributed by atoms with van der Waals surface area (Å²) < 4.78 is 5.06. The summed E-state index contributed by atoms with van der Waals surface area (Å²) in [6, 6.07) is 0. The Hall–Kier alpha value is -2.22. The number of nitrogens with one attached hydrogen (secondary N) is 1. The second-order valence-electron chi connectivity index (χ2n) is 4.54. The van der Waals surface area contributed by atoms with Crippen LogP contribution >= 0.6 is 0 Å². The second kappa shape index (κ2) is 6.29. The van der Waals surface area contributed by atoms with Crippen molar-refractivity contribution in [2.45, 2.75) is 13.3 Å². The highest BCUT2D eigenvalue weighted by molar-refractivity contribution is 5.87. The van der Waals surface area contributed by atoms with Crippen LogP contribution in [0.2, 0.25) is 0 Å². The minimum Gasteiger partial charge on any atom is -0.481 e. The Kier molecular flexibility index (Phi) is 4.46. The molecule has 0 radical (unpaired) electrons. The average molecular weight is 279 g/mol. The predicted molar refractivity (Wildman–Crippen MR) is 72.6 cm³/mol. The van der Waals surface area contributed by atoms with Crippen LogP contribution in [0.4, 0.5) is 5.82 Å². The highest BCUT2D eigenvalue weighted by Gasteiger charge is 2.11. The van der Waals surface area contributed by atoms with E-state index in [2.05, 4.69) is 20.4 Å². The molecule has 2 N–H and O–H groups in total. The minimum atomic E-state index is -0.789. The monoisotopic (exact) mass is 279 g/mol. The van der Waals surface area contributed by atoms with Gasteiger partial charge in [0.2, 0.25) is 0 Å². The summed E-state index contributed by atoms with van der Waals surface area (Å²) >= 11 is 0. The third kappa shape index (κ3) is 3.41. The van der Waals surface area contributed by atoms with Gasteiger partial charge in [-0.2, -0.15) is 4.98 Å². The molecule has 2 aromatic rings. The van der Waals surface area contributed by atoms with E-state index in [1.807, 2.05) is 18.9 Å². The summed E-state index contributed by atoms with van der Waals surface area (Å²) in [4.78, 5) is 20.6. The van der Waals surface area contributed by atoms with Gasteiger partial charge in [-0.1, -0.05) is 5.16 Å². The molecule has 0 bridgehead atoms. The lowest BCUT2D eigenvalue weighted by Crippen LogP contribution is -2.27. The number of carboxylic acid groups (broad SMARTS) is 1. The Labute approximate surface area is 115 Å². The quantitative estimate of drug-likeness (QED) is 0.765. The molecule has 0 amide bonds. The van der Waals surface area contributed by atoms with E-state index in [1.165, 1.54) is 6.33 Å². The number of carboxylic acids is 1. The third-order valence-corrected chi connectivity index (χ3v) is 2.94. The van der Waals surface area contributed by atoms with Crippen LogP contribution in [0.25, 0.3) is 11.1 Å². The molecule has 0 aliphatic rings. The maximum atomic E-state index is 10.5. The number of aromatic nitrogens is 3. The maximum Gasteiger partial charge on any atom is 0.304 e. The molecule has 0 aliphatic heterocycles. The lowest BCUT2D eigenvalue weighted by atomic mass is 10.3. The fraction of sp³-hybridized carbons (Fsp3) is 0.500. The van der Waals surface area contributed by atoms with Crippen molar-refractivity contribution < 1.29 is 14.4 Å². The van der Waals surface area contributed by atoms with Gasteiger partial charge in [0.25, 0.3) is 5.71 Å². The number of aliphatic carboxylic acids is 1. The summed E-state index contributed by atoms with van der Waals surface area (Å²) in [5.74, 6) is -0.109. The molecule has 0 fully saturated rings. The topological polar surface area (TPSA) is 104 Å². The zero-order chi connectivity index (χ0) is 14.5. The highest BCUT2D eigenvalue weighted by Crippen LogP contribution is 2.21. The average Bonchev–Trinajstić information content (AvgIpc) is 2.79. The number of rotatable bonds is 7. The van der Waals surface area contributed by atoms with Gasteiger partial charge in [-0.3, -0.25) is 4.79 Å². The zero-order valence-corrected chi connectivity index (χ0v) is 11.5. The molecule has 2 heterocycles. The number of nitrogens with zero attached hydrogens (tertiary/aromatic N) is 4. The predicted octanol–water partition coefficient (Wildman–Crippen LogP) is 0.745. The van der Waals surface area contributed by atoms with Gasteiger partial charge in [0, 0.05) is 19.6 Å². The van der Waals surface area contributed by atoms with Crippen LogP contribution in [0.3, 0.4) is 0 Å². The van der Waals surface area contributed by atoms with Crippen molar-refractivity contribution in [2.75, 3.05) is 32.0 Å². The van der Waals surface area contributed by atoms with Gasteiger partial charge >= 0.3 is 5.97 Å². The molecule has 20 heavy (non-hydrogen) atoms. The van der Waals surface area contributed by atoms with Crippen molar-refractivity contribution in [3.05, 3.63) is 12.0 Å². The molecule has 8 heteroatoms. The van der Waals surface area contributed by atoms with Gasteiger partial charge < -0.3 is 19.8 Å². The number of hydrogen-bond donors (Lipinski definition) is 2. The number of anilines is 1. The van der Waals surface area contributed by atoms with E-state index in [-0.39, 0.29) is 6.42 Å². The summed E-state index contributed by atoms with van der Waals surface area (Å²) in [5, 5.41) is 16.4. The molecule has 2 rings (SSSR count). The van der Waals surface area contributed by atoms with Gasteiger partial charge in [0.1, 0.15) is 17.5 Å². The highest BCUT2D eigenvalue weighted by atomic mass is 16.5.